The molecule has 9 heteroatoms. The van der Waals surface area contributed by atoms with Crippen molar-refractivity contribution in [3.05, 3.63) is 59.9 Å². The maximum atomic E-state index is 12.9. The van der Waals surface area contributed by atoms with Gasteiger partial charge in [0.25, 0.3) is 5.22 Å². The zero-order valence-corrected chi connectivity index (χ0v) is 16.7. The van der Waals surface area contributed by atoms with Crippen molar-refractivity contribution in [2.45, 2.75) is 12.1 Å². The number of aryl methyl sites for hydroxylation is 1. The lowest BCUT2D eigenvalue weighted by Gasteiger charge is -2.16. The second kappa shape index (κ2) is 9.33. The molecule has 0 unspecified atom stereocenters. The predicted molar refractivity (Wildman–Crippen MR) is 108 cm³/mol. The quantitative estimate of drug-likeness (QED) is 0.597. The van der Waals surface area contributed by atoms with E-state index < -0.39 is 0 Å². The van der Waals surface area contributed by atoms with Crippen molar-refractivity contribution in [3.8, 4) is 11.5 Å². The van der Waals surface area contributed by atoms with Crippen molar-refractivity contribution >= 4 is 29.3 Å². The molecule has 0 bridgehead atoms. The van der Waals surface area contributed by atoms with Gasteiger partial charge in [-0.05, 0) is 43.3 Å². The number of nitrogens with one attached hydrogen (secondary N) is 1. The van der Waals surface area contributed by atoms with Crippen molar-refractivity contribution in [1.29, 1.82) is 0 Å². The molecule has 0 fully saturated rings. The van der Waals surface area contributed by atoms with E-state index in [9.17, 15) is 14.0 Å². The normalized spacial score (nSPS) is 10.6. The molecule has 3 rings (SSSR count). The molecule has 0 spiro atoms. The summed E-state index contributed by atoms with van der Waals surface area (Å²) in [6.45, 7) is 1.86. The van der Waals surface area contributed by atoms with E-state index in [1.807, 2.05) is 31.2 Å². The van der Waals surface area contributed by atoms with Gasteiger partial charge in [-0.1, -0.05) is 29.5 Å². The van der Waals surface area contributed by atoms with Gasteiger partial charge in [-0.2, -0.15) is 0 Å². The molecule has 150 valence electrons. The standard InChI is InChI=1S/C20H19FN4O3S/c1-13-3-5-14(6-4-13)19-23-24-20(28-19)29-12-18(27)25(2)11-17(26)22-16-9-7-15(21)8-10-16/h3-10H,11-12H2,1-2H3,(H,22,26). The highest BCUT2D eigenvalue weighted by Crippen LogP contribution is 2.23. The minimum absolute atomic E-state index is 0.0514. The van der Waals surface area contributed by atoms with Gasteiger partial charge >= 0.3 is 0 Å². The Morgan fingerprint density at radius 1 is 1.10 bits per heavy atom. The highest BCUT2D eigenvalue weighted by Gasteiger charge is 2.16. The van der Waals surface area contributed by atoms with Crippen LogP contribution in [0.5, 0.6) is 0 Å². The molecule has 7 nitrogen and oxygen atoms in total. The van der Waals surface area contributed by atoms with Gasteiger partial charge in [0.05, 0.1) is 12.3 Å². The van der Waals surface area contributed by atoms with Crippen LogP contribution < -0.4 is 5.32 Å². The second-order valence-corrected chi connectivity index (χ2v) is 7.26. The third-order valence-electron chi connectivity index (χ3n) is 3.96. The lowest BCUT2D eigenvalue weighted by molar-refractivity contribution is -0.131. The van der Waals surface area contributed by atoms with Gasteiger partial charge in [0.2, 0.25) is 17.7 Å². The lowest BCUT2D eigenvalue weighted by Crippen LogP contribution is -2.35. The molecule has 0 saturated carbocycles. The SMILES string of the molecule is Cc1ccc(-c2nnc(SCC(=O)N(C)CC(=O)Nc3ccc(F)cc3)o2)cc1. The first kappa shape index (κ1) is 20.5. The minimum Gasteiger partial charge on any atom is -0.411 e. The molecule has 29 heavy (non-hydrogen) atoms. The Hall–Kier alpha value is -3.20. The van der Waals surface area contributed by atoms with Crippen LogP contribution in [-0.2, 0) is 9.59 Å². The van der Waals surface area contributed by atoms with Gasteiger partial charge in [0.1, 0.15) is 5.82 Å². The number of aromatic nitrogens is 2. The fraction of sp³-hybridized carbons (Fsp3) is 0.200. The van der Waals surface area contributed by atoms with E-state index in [1.165, 1.54) is 36.2 Å². The van der Waals surface area contributed by atoms with Crippen LogP contribution in [0, 0.1) is 12.7 Å². The van der Waals surface area contributed by atoms with Gasteiger partial charge in [0, 0.05) is 18.3 Å². The first-order valence-electron chi connectivity index (χ1n) is 8.73. The van der Waals surface area contributed by atoms with Crippen LogP contribution in [0.15, 0.2) is 58.2 Å². The third-order valence-corrected chi connectivity index (χ3v) is 4.76. The molecule has 3 aromatic rings. The van der Waals surface area contributed by atoms with Crippen LogP contribution in [0.2, 0.25) is 0 Å². The summed E-state index contributed by atoms with van der Waals surface area (Å²) in [6, 6.07) is 13.1. The Labute approximate surface area is 171 Å². The molecule has 0 saturated heterocycles. The summed E-state index contributed by atoms with van der Waals surface area (Å²) in [5, 5.41) is 10.8. The number of carbonyl (C=O) groups excluding carboxylic acids is 2. The summed E-state index contributed by atoms with van der Waals surface area (Å²) in [5.74, 6) is -0.599. The molecule has 1 aromatic heterocycles. The van der Waals surface area contributed by atoms with Crippen LogP contribution in [0.25, 0.3) is 11.5 Å². The number of likely N-dealkylation sites (N-methyl/N-ethyl adjacent to an activating group) is 1. The van der Waals surface area contributed by atoms with Crippen LogP contribution in [-0.4, -0.2) is 46.3 Å². The average Bonchev–Trinajstić information content (AvgIpc) is 3.17. The Bertz CT molecular complexity index is 990. The summed E-state index contributed by atoms with van der Waals surface area (Å²) in [6.07, 6.45) is 0. The molecule has 0 atom stereocenters. The number of amides is 2. The van der Waals surface area contributed by atoms with Crippen LogP contribution in [0.3, 0.4) is 0 Å². The molecule has 0 aliphatic rings. The molecule has 0 aliphatic heterocycles. The van der Waals surface area contributed by atoms with Crippen molar-refractivity contribution in [3.63, 3.8) is 0 Å². The summed E-state index contributed by atoms with van der Waals surface area (Å²) >= 11 is 1.10. The number of hydrogen-bond donors (Lipinski definition) is 1. The Morgan fingerprint density at radius 2 is 1.79 bits per heavy atom. The first-order valence-corrected chi connectivity index (χ1v) is 9.72. The van der Waals surface area contributed by atoms with Crippen molar-refractivity contribution in [2.24, 2.45) is 0 Å². The number of carbonyl (C=O) groups is 2. The zero-order valence-electron chi connectivity index (χ0n) is 15.9. The predicted octanol–water partition coefficient (Wildman–Crippen LogP) is 3.37. The van der Waals surface area contributed by atoms with Crippen LogP contribution >= 0.6 is 11.8 Å². The maximum absolute atomic E-state index is 12.9. The highest BCUT2D eigenvalue weighted by atomic mass is 32.2. The number of anilines is 1. The minimum atomic E-state index is -0.390. The number of benzene rings is 2. The van der Waals surface area contributed by atoms with Crippen molar-refractivity contribution in [2.75, 3.05) is 24.7 Å². The van der Waals surface area contributed by atoms with E-state index in [4.69, 9.17) is 4.42 Å². The van der Waals surface area contributed by atoms with E-state index in [2.05, 4.69) is 15.5 Å². The number of thioether (sulfide) groups is 1. The molecule has 2 amide bonds. The van der Waals surface area contributed by atoms with Gasteiger partial charge in [-0.15, -0.1) is 10.2 Å². The van der Waals surface area contributed by atoms with E-state index in [0.29, 0.717) is 11.6 Å². The van der Waals surface area contributed by atoms with Crippen LogP contribution in [0.4, 0.5) is 10.1 Å². The average molecular weight is 414 g/mol. The molecule has 1 N–H and O–H groups in total. The van der Waals surface area contributed by atoms with Crippen LogP contribution in [0.1, 0.15) is 5.56 Å². The summed E-state index contributed by atoms with van der Waals surface area (Å²) in [4.78, 5) is 25.6. The first-order chi connectivity index (χ1) is 13.9. The zero-order chi connectivity index (χ0) is 20.8. The lowest BCUT2D eigenvalue weighted by atomic mass is 10.1. The fourth-order valence-corrected chi connectivity index (χ4v) is 3.06. The molecule has 0 radical (unpaired) electrons. The van der Waals surface area contributed by atoms with Crippen molar-refractivity contribution in [1.82, 2.24) is 15.1 Å². The summed E-state index contributed by atoms with van der Waals surface area (Å²) in [5.41, 5.74) is 2.39. The molecule has 0 aliphatic carbocycles. The number of nitrogens with zero attached hydrogens (tertiary/aromatic N) is 3. The Balaban J connectivity index is 1.48. The largest absolute Gasteiger partial charge is 0.411 e. The number of rotatable bonds is 7. The summed E-state index contributed by atoms with van der Waals surface area (Å²) in [7, 11) is 1.53. The molecule has 2 aromatic carbocycles. The van der Waals surface area contributed by atoms with E-state index in [1.54, 1.807) is 0 Å². The number of hydrogen-bond acceptors (Lipinski definition) is 6. The highest BCUT2D eigenvalue weighted by molar-refractivity contribution is 7.99. The van der Waals surface area contributed by atoms with Gasteiger partial charge in [-0.25, -0.2) is 4.39 Å². The Kier molecular flexibility index (Phi) is 6.61. The fourth-order valence-electron chi connectivity index (χ4n) is 2.35. The van der Waals surface area contributed by atoms with Gasteiger partial charge in [0.15, 0.2) is 0 Å². The van der Waals surface area contributed by atoms with E-state index in [0.717, 1.165) is 22.9 Å². The number of halogens is 1. The molecular formula is C20H19FN4O3S. The van der Waals surface area contributed by atoms with E-state index in [-0.39, 0.29) is 35.2 Å². The second-order valence-electron chi connectivity index (χ2n) is 6.33. The molecule has 1 heterocycles. The van der Waals surface area contributed by atoms with E-state index >= 15 is 0 Å². The monoisotopic (exact) mass is 414 g/mol. The van der Waals surface area contributed by atoms with Gasteiger partial charge in [-0.3, -0.25) is 9.59 Å². The van der Waals surface area contributed by atoms with Gasteiger partial charge < -0.3 is 14.6 Å². The summed E-state index contributed by atoms with van der Waals surface area (Å²) < 4.78 is 18.5. The maximum Gasteiger partial charge on any atom is 0.277 e. The van der Waals surface area contributed by atoms with Crippen molar-refractivity contribution < 1.29 is 18.4 Å². The third kappa shape index (κ3) is 5.89. The Morgan fingerprint density at radius 3 is 2.48 bits per heavy atom. The smallest absolute Gasteiger partial charge is 0.277 e. The molecular weight excluding hydrogens is 395 g/mol. The topological polar surface area (TPSA) is 88.3 Å².